The van der Waals surface area contributed by atoms with Crippen LogP contribution in [0.3, 0.4) is 0 Å². The molecule has 34 heavy (non-hydrogen) atoms. The van der Waals surface area contributed by atoms with E-state index in [9.17, 15) is 4.79 Å². The van der Waals surface area contributed by atoms with Crippen LogP contribution in [-0.2, 0) is 0 Å². The van der Waals surface area contributed by atoms with Crippen molar-refractivity contribution < 1.29 is 19.0 Å². The molecule has 1 saturated heterocycles. The van der Waals surface area contributed by atoms with Gasteiger partial charge in [0, 0.05) is 36.8 Å². The van der Waals surface area contributed by atoms with Gasteiger partial charge in [0.1, 0.15) is 17.2 Å². The Balaban J connectivity index is 1.39. The number of hydrogen-bond acceptors (Lipinski definition) is 7. The highest BCUT2D eigenvalue weighted by Gasteiger charge is 2.23. The minimum atomic E-state index is -0.202. The molecule has 3 aromatic rings. The smallest absolute Gasteiger partial charge is 0.322 e. The van der Waals surface area contributed by atoms with E-state index in [2.05, 4.69) is 20.4 Å². The molecule has 178 valence electrons. The number of carbonyl (C=O) groups excluding carboxylic acids is 1. The van der Waals surface area contributed by atoms with Crippen LogP contribution in [-0.4, -0.2) is 68.6 Å². The van der Waals surface area contributed by atoms with Crippen LogP contribution in [0.4, 0.5) is 16.3 Å². The standard InChI is InChI=1S/C24H26ClN5O4/c1-32-17-5-8-21(33-2)18(15-17)19-6-9-23(28-27-19)29-10-12-30(13-11-29)24(31)26-20-14-16(25)4-7-22(20)34-3/h4-9,14-15H,10-13H2,1-3H3,(H,26,31). The SMILES string of the molecule is COc1ccc(OC)c(-c2ccc(N3CCN(C(=O)Nc4cc(Cl)ccc4OC)CC3)nn2)c1. The number of nitrogens with zero attached hydrogens (tertiary/aromatic N) is 4. The Morgan fingerprint density at radius 1 is 0.882 bits per heavy atom. The fourth-order valence-corrected chi connectivity index (χ4v) is 3.93. The quantitative estimate of drug-likeness (QED) is 0.562. The summed E-state index contributed by atoms with van der Waals surface area (Å²) in [6.07, 6.45) is 0. The first kappa shape index (κ1) is 23.4. The first-order valence-electron chi connectivity index (χ1n) is 10.7. The zero-order chi connectivity index (χ0) is 24.1. The Morgan fingerprint density at radius 3 is 2.26 bits per heavy atom. The molecule has 0 unspecified atom stereocenters. The van der Waals surface area contributed by atoms with E-state index in [1.54, 1.807) is 44.4 Å². The highest BCUT2D eigenvalue weighted by Crippen LogP contribution is 2.32. The second-order valence-corrected chi connectivity index (χ2v) is 8.03. The number of ether oxygens (including phenoxy) is 3. The van der Waals surface area contributed by atoms with Crippen molar-refractivity contribution in [3.8, 4) is 28.5 Å². The molecule has 0 aliphatic carbocycles. The highest BCUT2D eigenvalue weighted by atomic mass is 35.5. The van der Waals surface area contributed by atoms with Crippen molar-refractivity contribution in [1.29, 1.82) is 0 Å². The Bertz CT molecular complexity index is 1150. The van der Waals surface area contributed by atoms with Gasteiger partial charge in [-0.2, -0.15) is 0 Å². The van der Waals surface area contributed by atoms with Gasteiger partial charge >= 0.3 is 6.03 Å². The van der Waals surface area contributed by atoms with Gasteiger partial charge in [-0.05, 0) is 48.5 Å². The fraction of sp³-hybridized carbons (Fsp3) is 0.292. The second-order valence-electron chi connectivity index (χ2n) is 7.59. The summed E-state index contributed by atoms with van der Waals surface area (Å²) in [4.78, 5) is 16.6. The van der Waals surface area contributed by atoms with Gasteiger partial charge in [0.05, 0.1) is 32.7 Å². The summed E-state index contributed by atoms with van der Waals surface area (Å²) < 4.78 is 16.1. The lowest BCUT2D eigenvalue weighted by Crippen LogP contribution is -2.50. The Hall–Kier alpha value is -3.72. The van der Waals surface area contributed by atoms with Crippen LogP contribution < -0.4 is 24.4 Å². The molecule has 1 aromatic heterocycles. The summed E-state index contributed by atoms with van der Waals surface area (Å²) in [6, 6.07) is 14.3. The number of benzene rings is 2. The van der Waals surface area contributed by atoms with Crippen molar-refractivity contribution in [3.05, 3.63) is 53.6 Å². The number of halogens is 1. The number of methoxy groups -OCH3 is 3. The van der Waals surface area contributed by atoms with E-state index in [1.807, 2.05) is 30.3 Å². The number of piperazine rings is 1. The van der Waals surface area contributed by atoms with Crippen molar-refractivity contribution in [1.82, 2.24) is 15.1 Å². The maximum Gasteiger partial charge on any atom is 0.322 e. The third kappa shape index (κ3) is 5.09. The van der Waals surface area contributed by atoms with E-state index in [0.29, 0.717) is 59.8 Å². The largest absolute Gasteiger partial charge is 0.497 e. The Morgan fingerprint density at radius 2 is 1.62 bits per heavy atom. The average Bonchev–Trinajstić information content (AvgIpc) is 2.88. The topological polar surface area (TPSA) is 89.1 Å². The first-order valence-corrected chi connectivity index (χ1v) is 11.1. The number of nitrogens with one attached hydrogen (secondary N) is 1. The minimum Gasteiger partial charge on any atom is -0.497 e. The molecular formula is C24H26ClN5O4. The normalized spacial score (nSPS) is 13.4. The zero-order valence-corrected chi connectivity index (χ0v) is 20.0. The highest BCUT2D eigenvalue weighted by molar-refractivity contribution is 6.31. The number of amides is 2. The van der Waals surface area contributed by atoms with Crippen molar-refractivity contribution >= 4 is 29.1 Å². The van der Waals surface area contributed by atoms with Gasteiger partial charge in [-0.25, -0.2) is 4.79 Å². The number of aromatic nitrogens is 2. The van der Waals surface area contributed by atoms with Crippen LogP contribution >= 0.6 is 11.6 Å². The number of anilines is 2. The van der Waals surface area contributed by atoms with Crippen LogP contribution in [0.1, 0.15) is 0 Å². The van der Waals surface area contributed by atoms with Crippen LogP contribution in [0.2, 0.25) is 5.02 Å². The van der Waals surface area contributed by atoms with Crippen LogP contribution in [0.15, 0.2) is 48.5 Å². The van der Waals surface area contributed by atoms with Gasteiger partial charge in [0.15, 0.2) is 5.82 Å². The zero-order valence-electron chi connectivity index (χ0n) is 19.2. The van der Waals surface area contributed by atoms with Crippen LogP contribution in [0, 0.1) is 0 Å². The first-order chi connectivity index (χ1) is 16.5. The summed E-state index contributed by atoms with van der Waals surface area (Å²) in [5.74, 6) is 2.71. The van der Waals surface area contributed by atoms with Gasteiger partial charge in [-0.1, -0.05) is 11.6 Å². The predicted molar refractivity (Wildman–Crippen MR) is 131 cm³/mol. The maximum absolute atomic E-state index is 12.8. The van der Waals surface area contributed by atoms with Crippen molar-refractivity contribution in [2.45, 2.75) is 0 Å². The lowest BCUT2D eigenvalue weighted by atomic mass is 10.1. The van der Waals surface area contributed by atoms with Crippen molar-refractivity contribution in [3.63, 3.8) is 0 Å². The number of carbonyl (C=O) groups is 1. The molecule has 0 spiro atoms. The summed E-state index contributed by atoms with van der Waals surface area (Å²) >= 11 is 6.06. The summed E-state index contributed by atoms with van der Waals surface area (Å²) in [5.41, 5.74) is 2.03. The molecule has 0 atom stereocenters. The lowest BCUT2D eigenvalue weighted by molar-refractivity contribution is 0.208. The molecule has 1 N–H and O–H groups in total. The van der Waals surface area contributed by atoms with E-state index in [0.717, 1.165) is 11.4 Å². The fourth-order valence-electron chi connectivity index (χ4n) is 3.76. The summed E-state index contributed by atoms with van der Waals surface area (Å²) in [6.45, 7) is 2.36. The summed E-state index contributed by atoms with van der Waals surface area (Å²) in [7, 11) is 4.78. The number of hydrogen-bond donors (Lipinski definition) is 1. The van der Waals surface area contributed by atoms with E-state index in [4.69, 9.17) is 25.8 Å². The van der Waals surface area contributed by atoms with Crippen LogP contribution in [0.25, 0.3) is 11.3 Å². The second kappa shape index (κ2) is 10.5. The molecule has 1 aliphatic rings. The molecule has 1 aliphatic heterocycles. The molecule has 9 nitrogen and oxygen atoms in total. The average molecular weight is 484 g/mol. The monoisotopic (exact) mass is 483 g/mol. The van der Waals surface area contributed by atoms with Crippen LogP contribution in [0.5, 0.6) is 17.2 Å². The lowest BCUT2D eigenvalue weighted by Gasteiger charge is -2.35. The van der Waals surface area contributed by atoms with E-state index >= 15 is 0 Å². The molecule has 1 fully saturated rings. The minimum absolute atomic E-state index is 0.202. The van der Waals surface area contributed by atoms with Gasteiger partial charge in [0.2, 0.25) is 0 Å². The van der Waals surface area contributed by atoms with E-state index in [1.165, 1.54) is 0 Å². The van der Waals surface area contributed by atoms with Gasteiger partial charge in [-0.15, -0.1) is 10.2 Å². The molecule has 0 bridgehead atoms. The van der Waals surface area contributed by atoms with Crippen molar-refractivity contribution in [2.75, 3.05) is 57.7 Å². The molecule has 2 aromatic carbocycles. The van der Waals surface area contributed by atoms with Gasteiger partial charge in [0.25, 0.3) is 0 Å². The predicted octanol–water partition coefficient (Wildman–Crippen LogP) is 4.18. The number of urea groups is 1. The Kier molecular flexibility index (Phi) is 7.22. The molecule has 10 heteroatoms. The van der Waals surface area contributed by atoms with Gasteiger partial charge < -0.3 is 29.3 Å². The maximum atomic E-state index is 12.8. The molecule has 4 rings (SSSR count). The molecule has 2 amide bonds. The third-order valence-corrected chi connectivity index (χ3v) is 5.86. The van der Waals surface area contributed by atoms with E-state index in [-0.39, 0.29) is 6.03 Å². The molecule has 0 radical (unpaired) electrons. The Labute approximate surface area is 203 Å². The molecule has 2 heterocycles. The molecular weight excluding hydrogens is 458 g/mol. The third-order valence-electron chi connectivity index (χ3n) is 5.63. The summed E-state index contributed by atoms with van der Waals surface area (Å²) in [5, 5.41) is 12.2. The molecule has 0 saturated carbocycles. The van der Waals surface area contributed by atoms with E-state index < -0.39 is 0 Å². The van der Waals surface area contributed by atoms with Crippen molar-refractivity contribution in [2.24, 2.45) is 0 Å². The number of rotatable bonds is 6. The van der Waals surface area contributed by atoms with Gasteiger partial charge in [-0.3, -0.25) is 0 Å².